The van der Waals surface area contributed by atoms with E-state index in [1.807, 2.05) is 0 Å². The van der Waals surface area contributed by atoms with Crippen molar-refractivity contribution in [3.05, 3.63) is 35.4 Å². The maximum Gasteiger partial charge on any atom is 0.0208 e. The quantitative estimate of drug-likeness (QED) is 0.667. The molecule has 1 aromatic carbocycles. The second-order valence-corrected chi connectivity index (χ2v) is 3.81. The van der Waals surface area contributed by atoms with E-state index in [0.29, 0.717) is 0 Å². The molecular weight excluding hydrogens is 184 g/mol. The molecule has 2 nitrogen and oxygen atoms in total. The largest absolute Gasteiger partial charge is 0.317 e. The first kappa shape index (κ1) is 12.2. The monoisotopic (exact) mass is 206 g/mol. The average molecular weight is 206 g/mol. The Kier molecular flexibility index (Phi) is 6.05. The molecule has 0 amide bonds. The summed E-state index contributed by atoms with van der Waals surface area (Å²) in [4.78, 5) is 0. The molecule has 2 heteroatoms. The van der Waals surface area contributed by atoms with Crippen LogP contribution < -0.4 is 10.6 Å². The minimum atomic E-state index is 0.985. The summed E-state index contributed by atoms with van der Waals surface area (Å²) >= 11 is 0. The van der Waals surface area contributed by atoms with E-state index in [0.717, 1.165) is 26.2 Å². The molecule has 1 rings (SSSR count). The Morgan fingerprint density at radius 2 is 1.80 bits per heavy atom. The van der Waals surface area contributed by atoms with Gasteiger partial charge in [-0.1, -0.05) is 31.2 Å². The molecule has 84 valence electrons. The van der Waals surface area contributed by atoms with Crippen LogP contribution in [0.4, 0.5) is 0 Å². The van der Waals surface area contributed by atoms with Gasteiger partial charge in [-0.3, -0.25) is 0 Å². The third-order valence-electron chi connectivity index (χ3n) is 2.53. The van der Waals surface area contributed by atoms with Gasteiger partial charge in [0.15, 0.2) is 0 Å². The summed E-state index contributed by atoms with van der Waals surface area (Å²) in [5, 5.41) is 6.78. The second-order valence-electron chi connectivity index (χ2n) is 3.81. The van der Waals surface area contributed by atoms with Crippen LogP contribution in [-0.2, 0) is 6.54 Å². The molecule has 0 fully saturated rings. The van der Waals surface area contributed by atoms with Gasteiger partial charge in [0.2, 0.25) is 0 Å². The first-order valence-corrected chi connectivity index (χ1v) is 5.80. The normalized spacial score (nSPS) is 10.5. The summed E-state index contributed by atoms with van der Waals surface area (Å²) in [6.07, 6.45) is 1.19. The summed E-state index contributed by atoms with van der Waals surface area (Å²) in [6, 6.07) is 8.54. The van der Waals surface area contributed by atoms with Crippen LogP contribution in [0.15, 0.2) is 24.3 Å². The molecule has 2 N–H and O–H groups in total. The molecule has 0 aliphatic rings. The van der Waals surface area contributed by atoms with Crippen LogP contribution >= 0.6 is 0 Å². The molecule has 0 saturated carbocycles. The van der Waals surface area contributed by atoms with Crippen LogP contribution in [0, 0.1) is 6.92 Å². The van der Waals surface area contributed by atoms with Crippen molar-refractivity contribution in [3.8, 4) is 0 Å². The van der Waals surface area contributed by atoms with Gasteiger partial charge in [0.1, 0.15) is 0 Å². The molecule has 0 atom stereocenters. The van der Waals surface area contributed by atoms with Crippen molar-refractivity contribution in [1.82, 2.24) is 10.6 Å². The summed E-state index contributed by atoms with van der Waals surface area (Å²) in [5.74, 6) is 0. The van der Waals surface area contributed by atoms with Crippen molar-refractivity contribution in [3.63, 3.8) is 0 Å². The Hall–Kier alpha value is -0.860. The van der Waals surface area contributed by atoms with Crippen LogP contribution in [-0.4, -0.2) is 19.6 Å². The lowest BCUT2D eigenvalue weighted by molar-refractivity contribution is 0.605. The number of hydrogen-bond donors (Lipinski definition) is 2. The van der Waals surface area contributed by atoms with Gasteiger partial charge < -0.3 is 10.6 Å². The van der Waals surface area contributed by atoms with E-state index >= 15 is 0 Å². The van der Waals surface area contributed by atoms with Gasteiger partial charge in [-0.2, -0.15) is 0 Å². The third-order valence-corrected chi connectivity index (χ3v) is 2.53. The average Bonchev–Trinajstić information content (AvgIpc) is 2.25. The highest BCUT2D eigenvalue weighted by Crippen LogP contribution is 2.05. The molecule has 0 saturated heterocycles. The second kappa shape index (κ2) is 7.43. The molecular formula is C13H22N2. The van der Waals surface area contributed by atoms with Gasteiger partial charge in [0.05, 0.1) is 0 Å². The molecule has 1 aromatic rings. The molecule has 0 aliphatic carbocycles. The van der Waals surface area contributed by atoms with E-state index in [9.17, 15) is 0 Å². The molecule has 0 heterocycles. The Morgan fingerprint density at radius 1 is 1.07 bits per heavy atom. The van der Waals surface area contributed by atoms with Crippen LogP contribution in [0.1, 0.15) is 24.5 Å². The summed E-state index contributed by atoms with van der Waals surface area (Å²) in [6.45, 7) is 8.55. The Balaban J connectivity index is 2.12. The molecule has 0 radical (unpaired) electrons. The summed E-state index contributed by atoms with van der Waals surface area (Å²) in [7, 11) is 0. The lowest BCUT2D eigenvalue weighted by Crippen LogP contribution is -2.21. The molecule has 0 aromatic heterocycles. The van der Waals surface area contributed by atoms with E-state index in [1.54, 1.807) is 0 Å². The van der Waals surface area contributed by atoms with E-state index in [2.05, 4.69) is 48.7 Å². The predicted molar refractivity (Wildman–Crippen MR) is 66.0 cm³/mol. The van der Waals surface area contributed by atoms with Crippen LogP contribution in [0.2, 0.25) is 0 Å². The zero-order valence-electron chi connectivity index (χ0n) is 9.84. The Labute approximate surface area is 93.1 Å². The van der Waals surface area contributed by atoms with Crippen molar-refractivity contribution >= 4 is 0 Å². The van der Waals surface area contributed by atoms with Gasteiger partial charge in [-0.15, -0.1) is 0 Å². The van der Waals surface area contributed by atoms with Gasteiger partial charge in [0, 0.05) is 6.54 Å². The van der Waals surface area contributed by atoms with Crippen molar-refractivity contribution in [1.29, 1.82) is 0 Å². The third kappa shape index (κ3) is 4.96. The molecule has 0 bridgehead atoms. The fourth-order valence-electron chi connectivity index (χ4n) is 1.55. The van der Waals surface area contributed by atoms with Gasteiger partial charge in [-0.25, -0.2) is 0 Å². The topological polar surface area (TPSA) is 24.1 Å². The highest BCUT2D eigenvalue weighted by atomic mass is 14.9. The maximum atomic E-state index is 3.46. The van der Waals surface area contributed by atoms with E-state index in [1.165, 1.54) is 17.5 Å². The maximum absolute atomic E-state index is 3.46. The van der Waals surface area contributed by atoms with Crippen LogP contribution in [0.3, 0.4) is 0 Å². The molecule has 0 aliphatic heterocycles. The standard InChI is InChI=1S/C13H22N2/c1-3-14-9-6-10-15-11-13-8-5-4-7-12(13)2/h4-5,7-8,14-15H,3,6,9-11H2,1-2H3. The van der Waals surface area contributed by atoms with Gasteiger partial charge in [-0.05, 0) is 44.1 Å². The highest BCUT2D eigenvalue weighted by Gasteiger charge is 1.95. The number of hydrogen-bond acceptors (Lipinski definition) is 2. The molecule has 0 unspecified atom stereocenters. The van der Waals surface area contributed by atoms with E-state index < -0.39 is 0 Å². The Morgan fingerprint density at radius 3 is 2.53 bits per heavy atom. The minimum absolute atomic E-state index is 0.985. The lowest BCUT2D eigenvalue weighted by Gasteiger charge is -2.07. The number of aryl methyl sites for hydroxylation is 1. The fraction of sp³-hybridized carbons (Fsp3) is 0.538. The lowest BCUT2D eigenvalue weighted by atomic mass is 10.1. The van der Waals surface area contributed by atoms with Crippen LogP contribution in [0.25, 0.3) is 0 Å². The predicted octanol–water partition coefficient (Wildman–Crippen LogP) is 2.08. The van der Waals surface area contributed by atoms with Crippen molar-refractivity contribution < 1.29 is 0 Å². The highest BCUT2D eigenvalue weighted by molar-refractivity contribution is 5.25. The number of nitrogens with one attached hydrogen (secondary N) is 2. The van der Waals surface area contributed by atoms with Gasteiger partial charge in [0.25, 0.3) is 0 Å². The molecule has 0 spiro atoms. The Bertz CT molecular complexity index is 271. The SMILES string of the molecule is CCNCCCNCc1ccccc1C. The first-order valence-electron chi connectivity index (χ1n) is 5.80. The van der Waals surface area contributed by atoms with Gasteiger partial charge >= 0.3 is 0 Å². The first-order chi connectivity index (χ1) is 7.34. The summed E-state index contributed by atoms with van der Waals surface area (Å²) in [5.41, 5.74) is 2.78. The van der Waals surface area contributed by atoms with Crippen molar-refractivity contribution in [2.45, 2.75) is 26.8 Å². The van der Waals surface area contributed by atoms with E-state index in [-0.39, 0.29) is 0 Å². The number of rotatable bonds is 7. The zero-order chi connectivity index (χ0) is 10.9. The van der Waals surface area contributed by atoms with Crippen molar-refractivity contribution in [2.75, 3.05) is 19.6 Å². The van der Waals surface area contributed by atoms with Crippen LogP contribution in [0.5, 0.6) is 0 Å². The smallest absolute Gasteiger partial charge is 0.0208 e. The fourth-order valence-corrected chi connectivity index (χ4v) is 1.55. The van der Waals surface area contributed by atoms with Crippen molar-refractivity contribution in [2.24, 2.45) is 0 Å². The molecule has 15 heavy (non-hydrogen) atoms. The number of benzene rings is 1. The van der Waals surface area contributed by atoms with E-state index in [4.69, 9.17) is 0 Å². The minimum Gasteiger partial charge on any atom is -0.317 e. The summed E-state index contributed by atoms with van der Waals surface area (Å²) < 4.78 is 0. The zero-order valence-corrected chi connectivity index (χ0v) is 9.84.